The maximum atomic E-state index is 14.5. The molecule has 8 heteroatoms. The molecule has 0 amide bonds. The quantitative estimate of drug-likeness (QED) is 0.466. The Labute approximate surface area is 123 Å². The number of hydrogen-bond acceptors (Lipinski definition) is 2. The molecule has 5 rings (SSSR count). The molecule has 0 spiro atoms. The molecule has 0 saturated heterocycles. The van der Waals surface area contributed by atoms with Gasteiger partial charge in [0.25, 0.3) is 0 Å². The molecule has 22 heavy (non-hydrogen) atoms. The molecule has 0 saturated carbocycles. The Kier molecular flexibility index (Phi) is 1.95. The maximum Gasteiger partial charge on any atom is 0.735 e. The first-order chi connectivity index (χ1) is 10.6. The first-order valence-electron chi connectivity index (χ1n) is 6.84. The number of rotatable bonds is 0. The molecule has 1 aliphatic rings. The molecule has 0 fully saturated rings. The Morgan fingerprint density at radius 2 is 1.91 bits per heavy atom. The predicted octanol–water partition coefficient (Wildman–Crippen LogP) is 2.16. The summed E-state index contributed by atoms with van der Waals surface area (Å²) in [5.41, 5.74) is 1.87. The van der Waals surface area contributed by atoms with Crippen LogP contribution in [0.25, 0.3) is 22.7 Å². The Morgan fingerprint density at radius 3 is 2.82 bits per heavy atom. The number of fused-ring (bicyclic) bond motifs is 7. The summed E-state index contributed by atoms with van der Waals surface area (Å²) in [5.74, 6) is -0.0351. The molecule has 0 unspecified atom stereocenters. The van der Waals surface area contributed by atoms with Crippen molar-refractivity contribution in [1.82, 2.24) is 13.8 Å². The van der Waals surface area contributed by atoms with Gasteiger partial charge in [0.1, 0.15) is 11.8 Å². The van der Waals surface area contributed by atoms with E-state index >= 15 is 0 Å². The minimum Gasteiger partial charge on any atom is -0.607 e. The van der Waals surface area contributed by atoms with Gasteiger partial charge < -0.3 is 17.8 Å². The molecule has 0 N–H and O–H groups in total. The smallest absolute Gasteiger partial charge is 0.607 e. The Hall–Kier alpha value is -2.90. The zero-order valence-corrected chi connectivity index (χ0v) is 11.2. The van der Waals surface area contributed by atoms with Crippen molar-refractivity contribution in [3.8, 4) is 17.3 Å². The second-order valence-electron chi connectivity index (χ2n) is 5.22. The molecular weight excluding hydrogens is 289 g/mol. The molecular formula is C14H9BF2N4O. The fraction of sp³-hybridized carbons (Fsp3) is 0. The van der Waals surface area contributed by atoms with Crippen molar-refractivity contribution in [2.75, 3.05) is 0 Å². The molecule has 0 aromatic carbocycles. The standard InChI is InChI=1S/C14H9BF2N4O/c16-15(17)21-10(9-19-7-3-2-6-12(19)21)13-14(22-15)18-11-5-1-4-8-20(11)13/h1-9H. The number of hydrogen-bond donors (Lipinski definition) is 0. The first-order valence-corrected chi connectivity index (χ1v) is 6.84. The predicted molar refractivity (Wildman–Crippen MR) is 75.8 cm³/mol. The number of halogens is 2. The summed E-state index contributed by atoms with van der Waals surface area (Å²) in [6.45, 7) is 0. The van der Waals surface area contributed by atoms with Gasteiger partial charge in [-0.05, 0) is 18.2 Å². The number of imidazole rings is 2. The highest BCUT2D eigenvalue weighted by Gasteiger charge is 2.49. The van der Waals surface area contributed by atoms with Gasteiger partial charge in [0.05, 0.1) is 6.20 Å². The minimum absolute atomic E-state index is 0.0351. The van der Waals surface area contributed by atoms with E-state index in [1.54, 1.807) is 57.7 Å². The second kappa shape index (κ2) is 3.65. The number of pyridine rings is 2. The van der Waals surface area contributed by atoms with Crippen molar-refractivity contribution in [2.45, 2.75) is 0 Å². The lowest BCUT2D eigenvalue weighted by Crippen LogP contribution is -2.65. The number of aromatic nitrogens is 4. The van der Waals surface area contributed by atoms with Crippen molar-refractivity contribution < 1.29 is 17.8 Å². The van der Waals surface area contributed by atoms with Gasteiger partial charge in [0.2, 0.25) is 11.5 Å². The third-order valence-corrected chi connectivity index (χ3v) is 3.93. The molecule has 0 bridgehead atoms. The lowest BCUT2D eigenvalue weighted by Gasteiger charge is -2.27. The van der Waals surface area contributed by atoms with Crippen molar-refractivity contribution in [3.05, 3.63) is 55.0 Å². The summed E-state index contributed by atoms with van der Waals surface area (Å²) in [5, 5.41) is 0. The molecule has 0 radical (unpaired) electrons. The Balaban J connectivity index is 1.98. The fourth-order valence-electron chi connectivity index (χ4n) is 3.05. The van der Waals surface area contributed by atoms with E-state index in [9.17, 15) is 8.63 Å². The van der Waals surface area contributed by atoms with Crippen molar-refractivity contribution >= 4 is 18.3 Å². The van der Waals surface area contributed by atoms with Crippen LogP contribution >= 0.6 is 0 Å². The average Bonchev–Trinajstić information content (AvgIpc) is 3.03. The molecule has 5 heterocycles. The average molecular weight is 298 g/mol. The van der Waals surface area contributed by atoms with E-state index < -0.39 is 7.04 Å². The lowest BCUT2D eigenvalue weighted by molar-refractivity contribution is -0.541. The van der Waals surface area contributed by atoms with E-state index in [4.69, 9.17) is 4.65 Å². The topological polar surface area (TPSA) is 34.8 Å². The van der Waals surface area contributed by atoms with Gasteiger partial charge >= 0.3 is 7.04 Å². The highest BCUT2D eigenvalue weighted by molar-refractivity contribution is 6.51. The second-order valence-corrected chi connectivity index (χ2v) is 5.22. The monoisotopic (exact) mass is 298 g/mol. The van der Waals surface area contributed by atoms with Gasteiger partial charge in [0, 0.05) is 12.3 Å². The zero-order valence-electron chi connectivity index (χ0n) is 11.2. The fourth-order valence-corrected chi connectivity index (χ4v) is 3.05. The Morgan fingerprint density at radius 1 is 1.09 bits per heavy atom. The van der Waals surface area contributed by atoms with Gasteiger partial charge in [-0.2, -0.15) is 4.98 Å². The van der Waals surface area contributed by atoms with E-state index in [-0.39, 0.29) is 5.88 Å². The molecule has 108 valence electrons. The highest BCUT2D eigenvalue weighted by Crippen LogP contribution is 2.35. The summed E-state index contributed by atoms with van der Waals surface area (Å²) >= 11 is 0. The van der Waals surface area contributed by atoms with Crippen molar-refractivity contribution in [1.29, 1.82) is 0 Å². The van der Waals surface area contributed by atoms with Crippen LogP contribution in [0.3, 0.4) is 0 Å². The SMILES string of the molecule is F[B-]1(F)Oc2nc3ccccn3c2-c2cn3ccccc3[n+]21. The summed E-state index contributed by atoms with van der Waals surface area (Å²) in [4.78, 5) is 4.17. The summed E-state index contributed by atoms with van der Waals surface area (Å²) in [7, 11) is -4.22. The molecule has 4 aromatic heterocycles. The molecule has 4 aromatic rings. The summed E-state index contributed by atoms with van der Waals surface area (Å²) < 4.78 is 38.3. The third-order valence-electron chi connectivity index (χ3n) is 3.93. The number of nitrogens with zero attached hydrogens (tertiary/aromatic N) is 4. The van der Waals surface area contributed by atoms with E-state index in [0.29, 0.717) is 22.7 Å². The van der Waals surface area contributed by atoms with Crippen LogP contribution in [-0.4, -0.2) is 20.8 Å². The van der Waals surface area contributed by atoms with E-state index in [0.717, 1.165) is 4.48 Å². The van der Waals surface area contributed by atoms with Gasteiger partial charge in [-0.3, -0.25) is 4.40 Å². The van der Waals surface area contributed by atoms with Gasteiger partial charge in [0.15, 0.2) is 11.4 Å². The van der Waals surface area contributed by atoms with Crippen LogP contribution in [0.2, 0.25) is 0 Å². The van der Waals surface area contributed by atoms with E-state index in [2.05, 4.69) is 4.98 Å². The van der Waals surface area contributed by atoms with Crippen LogP contribution in [0.15, 0.2) is 55.0 Å². The van der Waals surface area contributed by atoms with Gasteiger partial charge in [-0.1, -0.05) is 12.1 Å². The van der Waals surface area contributed by atoms with Gasteiger partial charge in [-0.15, -0.1) is 0 Å². The van der Waals surface area contributed by atoms with Crippen LogP contribution < -0.4 is 9.13 Å². The first kappa shape index (κ1) is 11.7. The largest absolute Gasteiger partial charge is 0.735 e. The lowest BCUT2D eigenvalue weighted by atomic mass is 10.0. The third kappa shape index (κ3) is 1.31. The van der Waals surface area contributed by atoms with Crippen LogP contribution in [0.5, 0.6) is 5.88 Å². The molecule has 0 atom stereocenters. The van der Waals surface area contributed by atoms with E-state index in [1.165, 1.54) is 0 Å². The molecule has 0 aliphatic carbocycles. The highest BCUT2D eigenvalue weighted by atomic mass is 19.3. The molecule has 5 nitrogen and oxygen atoms in total. The molecule has 1 aliphatic heterocycles. The Bertz CT molecular complexity index is 1060. The zero-order chi connectivity index (χ0) is 14.9. The van der Waals surface area contributed by atoms with Crippen molar-refractivity contribution in [2.24, 2.45) is 0 Å². The van der Waals surface area contributed by atoms with Crippen molar-refractivity contribution in [3.63, 3.8) is 0 Å². The minimum atomic E-state index is -4.22. The van der Waals surface area contributed by atoms with Crippen LogP contribution in [0.1, 0.15) is 0 Å². The summed E-state index contributed by atoms with van der Waals surface area (Å²) in [6.07, 6.45) is 5.19. The summed E-state index contributed by atoms with van der Waals surface area (Å²) in [6, 6.07) is 10.5. The van der Waals surface area contributed by atoms with Crippen LogP contribution in [0, 0.1) is 0 Å². The van der Waals surface area contributed by atoms with Crippen LogP contribution in [-0.2, 0) is 0 Å². The van der Waals surface area contributed by atoms with E-state index in [1.807, 2.05) is 6.07 Å². The normalized spacial score (nSPS) is 15.5. The van der Waals surface area contributed by atoms with Gasteiger partial charge in [-0.25, -0.2) is 4.40 Å². The maximum absolute atomic E-state index is 14.5. The van der Waals surface area contributed by atoms with Crippen LogP contribution in [0.4, 0.5) is 8.63 Å².